The topological polar surface area (TPSA) is 57.2 Å². The zero-order valence-electron chi connectivity index (χ0n) is 19.8. The maximum atomic E-state index is 13.8. The smallest absolute Gasteiger partial charge is 0.254 e. The van der Waals surface area contributed by atoms with E-state index in [1.54, 1.807) is 26.4 Å². The molecule has 0 saturated heterocycles. The van der Waals surface area contributed by atoms with Crippen molar-refractivity contribution in [3.05, 3.63) is 83.4 Å². The quantitative estimate of drug-likeness (QED) is 0.436. The molecule has 0 aliphatic rings. The van der Waals surface area contributed by atoms with Crippen molar-refractivity contribution < 1.29 is 23.7 Å². The van der Waals surface area contributed by atoms with Gasteiger partial charge in [0.25, 0.3) is 5.91 Å². The molecule has 0 unspecified atom stereocenters. The second kappa shape index (κ2) is 11.3. The third-order valence-electron chi connectivity index (χ3n) is 5.61. The van der Waals surface area contributed by atoms with E-state index >= 15 is 0 Å². The van der Waals surface area contributed by atoms with E-state index in [0.29, 0.717) is 35.8 Å². The molecule has 3 aromatic rings. The summed E-state index contributed by atoms with van der Waals surface area (Å²) in [7, 11) is 6.28. The third-order valence-corrected chi connectivity index (χ3v) is 5.61. The number of carbonyl (C=O) groups is 1. The van der Waals surface area contributed by atoms with Gasteiger partial charge >= 0.3 is 0 Å². The van der Waals surface area contributed by atoms with Gasteiger partial charge in [-0.2, -0.15) is 0 Å². The molecule has 1 atom stereocenters. The molecule has 0 radical (unpaired) electrons. The number of rotatable bonds is 10. The van der Waals surface area contributed by atoms with Crippen LogP contribution in [0.4, 0.5) is 0 Å². The van der Waals surface area contributed by atoms with Crippen molar-refractivity contribution in [3.8, 4) is 23.0 Å². The second-order valence-electron chi connectivity index (χ2n) is 7.70. The molecule has 1 amide bonds. The van der Waals surface area contributed by atoms with Crippen molar-refractivity contribution in [2.45, 2.75) is 25.9 Å². The minimum absolute atomic E-state index is 0.104. The first kappa shape index (κ1) is 24.0. The summed E-state index contributed by atoms with van der Waals surface area (Å²) in [5, 5.41) is 0. The van der Waals surface area contributed by atoms with Gasteiger partial charge in [-0.15, -0.1) is 0 Å². The number of hydrogen-bond acceptors (Lipinski definition) is 5. The maximum Gasteiger partial charge on any atom is 0.254 e. The Balaban J connectivity index is 1.99. The van der Waals surface area contributed by atoms with Gasteiger partial charge in [-0.25, -0.2) is 0 Å². The minimum Gasteiger partial charge on any atom is -0.496 e. The summed E-state index contributed by atoms with van der Waals surface area (Å²) in [4.78, 5) is 15.7. The van der Waals surface area contributed by atoms with Crippen molar-refractivity contribution in [1.82, 2.24) is 4.90 Å². The van der Waals surface area contributed by atoms with Crippen LogP contribution >= 0.6 is 0 Å². The molecule has 0 aliphatic carbocycles. The van der Waals surface area contributed by atoms with Gasteiger partial charge in [0.1, 0.15) is 5.75 Å². The predicted octanol–water partition coefficient (Wildman–Crippen LogP) is 4.99. The molecule has 3 aromatic carbocycles. The molecule has 0 N–H and O–H groups in total. The van der Waals surface area contributed by atoms with Crippen LogP contribution in [0, 0.1) is 0 Å². The minimum atomic E-state index is -0.125. The normalized spacial score (nSPS) is 11.4. The van der Waals surface area contributed by atoms with Crippen LogP contribution in [0.25, 0.3) is 0 Å². The van der Waals surface area contributed by atoms with Crippen molar-refractivity contribution in [3.63, 3.8) is 0 Å². The van der Waals surface area contributed by atoms with Gasteiger partial charge in [0.05, 0.1) is 28.4 Å². The van der Waals surface area contributed by atoms with Crippen LogP contribution in [-0.4, -0.2) is 45.3 Å². The van der Waals surface area contributed by atoms with E-state index in [2.05, 4.69) is 0 Å². The molecule has 174 valence electrons. The Morgan fingerprint density at radius 2 is 1.36 bits per heavy atom. The first-order valence-corrected chi connectivity index (χ1v) is 10.8. The fourth-order valence-corrected chi connectivity index (χ4v) is 3.88. The lowest BCUT2D eigenvalue weighted by Gasteiger charge is -2.30. The number of ether oxygens (including phenoxy) is 4. The van der Waals surface area contributed by atoms with E-state index in [4.69, 9.17) is 18.9 Å². The van der Waals surface area contributed by atoms with E-state index in [1.807, 2.05) is 66.4 Å². The predicted molar refractivity (Wildman–Crippen MR) is 129 cm³/mol. The number of benzene rings is 3. The van der Waals surface area contributed by atoms with Gasteiger partial charge in [0.15, 0.2) is 11.5 Å². The molecule has 33 heavy (non-hydrogen) atoms. The number of amides is 1. The van der Waals surface area contributed by atoms with E-state index < -0.39 is 0 Å². The molecular weight excluding hydrogens is 418 g/mol. The molecular formula is C27H31NO5. The summed E-state index contributed by atoms with van der Waals surface area (Å²) in [5.74, 6) is 2.02. The highest BCUT2D eigenvalue weighted by atomic mass is 16.5. The van der Waals surface area contributed by atoms with E-state index in [-0.39, 0.29) is 11.9 Å². The monoisotopic (exact) mass is 449 g/mol. The van der Waals surface area contributed by atoms with Crippen LogP contribution in [0.15, 0.2) is 66.7 Å². The number of para-hydroxylation sites is 1. The summed E-state index contributed by atoms with van der Waals surface area (Å²) in [5.41, 5.74) is 2.56. The van der Waals surface area contributed by atoms with Crippen molar-refractivity contribution in [2.24, 2.45) is 0 Å². The number of carbonyl (C=O) groups excluding carboxylic acids is 1. The van der Waals surface area contributed by atoms with Gasteiger partial charge in [0.2, 0.25) is 5.75 Å². The molecule has 0 heterocycles. The highest BCUT2D eigenvalue weighted by Gasteiger charge is 2.26. The van der Waals surface area contributed by atoms with Gasteiger partial charge in [-0.3, -0.25) is 4.79 Å². The van der Waals surface area contributed by atoms with Crippen LogP contribution in [0.3, 0.4) is 0 Å². The highest BCUT2D eigenvalue weighted by Crippen LogP contribution is 2.38. The zero-order chi connectivity index (χ0) is 23.8. The average Bonchev–Trinajstić information content (AvgIpc) is 2.86. The summed E-state index contributed by atoms with van der Waals surface area (Å²) in [6.45, 7) is 2.51. The van der Waals surface area contributed by atoms with E-state index in [9.17, 15) is 4.79 Å². The van der Waals surface area contributed by atoms with Crippen LogP contribution < -0.4 is 18.9 Å². The van der Waals surface area contributed by atoms with Gasteiger partial charge in [0, 0.05) is 18.2 Å². The molecule has 0 saturated carbocycles. The Morgan fingerprint density at radius 1 is 0.788 bits per heavy atom. The molecule has 6 heteroatoms. The fraction of sp³-hybridized carbons (Fsp3) is 0.296. The first-order chi connectivity index (χ1) is 16.0. The number of hydrogen-bond donors (Lipinski definition) is 0. The van der Waals surface area contributed by atoms with Crippen LogP contribution in [0.2, 0.25) is 0 Å². The zero-order valence-corrected chi connectivity index (χ0v) is 19.8. The van der Waals surface area contributed by atoms with Gasteiger partial charge < -0.3 is 23.8 Å². The standard InChI is InChI=1S/C27H31NO5/c1-19(15-21-13-9-10-14-23(21)30-2)28(18-20-11-7-6-8-12-20)27(29)22-16-24(31-3)26(33-5)25(17-22)32-4/h6-14,16-17,19H,15,18H2,1-5H3/t19-/m0/s1. The fourth-order valence-electron chi connectivity index (χ4n) is 3.88. The first-order valence-electron chi connectivity index (χ1n) is 10.8. The van der Waals surface area contributed by atoms with Crippen molar-refractivity contribution in [2.75, 3.05) is 28.4 Å². The third kappa shape index (κ3) is 5.58. The van der Waals surface area contributed by atoms with Crippen LogP contribution in [0.1, 0.15) is 28.4 Å². The molecule has 0 fully saturated rings. The summed E-state index contributed by atoms with van der Waals surface area (Å²) >= 11 is 0. The lowest BCUT2D eigenvalue weighted by molar-refractivity contribution is 0.0674. The Hall–Kier alpha value is -3.67. The Morgan fingerprint density at radius 3 is 1.94 bits per heavy atom. The molecule has 0 bridgehead atoms. The van der Waals surface area contributed by atoms with Crippen molar-refractivity contribution >= 4 is 5.91 Å². The second-order valence-corrected chi connectivity index (χ2v) is 7.70. The molecule has 0 aromatic heterocycles. The number of nitrogens with zero attached hydrogens (tertiary/aromatic N) is 1. The Kier molecular flexibility index (Phi) is 8.19. The van der Waals surface area contributed by atoms with Crippen molar-refractivity contribution in [1.29, 1.82) is 0 Å². The molecule has 0 spiro atoms. The molecule has 3 rings (SSSR count). The molecule has 0 aliphatic heterocycles. The average molecular weight is 450 g/mol. The SMILES string of the molecule is COc1ccccc1C[C@H](C)N(Cc1ccccc1)C(=O)c1cc(OC)c(OC)c(OC)c1. The van der Waals surface area contributed by atoms with Gasteiger partial charge in [-0.1, -0.05) is 48.5 Å². The van der Waals surface area contributed by atoms with Crippen LogP contribution in [-0.2, 0) is 13.0 Å². The lowest BCUT2D eigenvalue weighted by Crippen LogP contribution is -2.39. The summed E-state index contributed by atoms with van der Waals surface area (Å²) < 4.78 is 21.9. The Bertz CT molecular complexity index is 1040. The highest BCUT2D eigenvalue weighted by molar-refractivity contribution is 5.96. The van der Waals surface area contributed by atoms with Gasteiger partial charge in [-0.05, 0) is 42.7 Å². The largest absolute Gasteiger partial charge is 0.496 e. The number of methoxy groups -OCH3 is 4. The Labute approximate surface area is 195 Å². The van der Waals surface area contributed by atoms with E-state index in [1.165, 1.54) is 14.2 Å². The van der Waals surface area contributed by atoms with Crippen LogP contribution in [0.5, 0.6) is 23.0 Å². The lowest BCUT2D eigenvalue weighted by atomic mass is 10.0. The maximum absolute atomic E-state index is 13.8. The van der Waals surface area contributed by atoms with E-state index in [0.717, 1.165) is 16.9 Å². The summed E-state index contributed by atoms with van der Waals surface area (Å²) in [6, 6.07) is 21.1. The summed E-state index contributed by atoms with van der Waals surface area (Å²) in [6.07, 6.45) is 0.646. The molecule has 6 nitrogen and oxygen atoms in total.